The fourth-order valence-corrected chi connectivity index (χ4v) is 3.66. The summed E-state index contributed by atoms with van der Waals surface area (Å²) in [6.45, 7) is 3.77. The van der Waals surface area contributed by atoms with Crippen LogP contribution in [0.3, 0.4) is 0 Å². The third-order valence-corrected chi connectivity index (χ3v) is 5.47. The lowest BCUT2D eigenvalue weighted by atomic mass is 10.0. The zero-order chi connectivity index (χ0) is 10.1. The molecule has 1 nitrogen and oxygen atoms in total. The molecule has 0 amide bonds. The summed E-state index contributed by atoms with van der Waals surface area (Å²) < 4.78 is 6.51. The fourth-order valence-electron chi connectivity index (χ4n) is 1.63. The molecule has 0 aromatic carbocycles. The highest BCUT2D eigenvalue weighted by Crippen LogP contribution is 2.40. The van der Waals surface area contributed by atoms with Gasteiger partial charge in [-0.05, 0) is 35.3 Å². The first-order valence-corrected chi connectivity index (χ1v) is 6.70. The van der Waals surface area contributed by atoms with Gasteiger partial charge in [0.05, 0.1) is 12.0 Å². The van der Waals surface area contributed by atoms with Crippen molar-refractivity contribution >= 4 is 38.9 Å². The molecule has 1 aliphatic heterocycles. The lowest BCUT2D eigenvalue weighted by Crippen LogP contribution is -2.05. The highest BCUT2D eigenvalue weighted by atomic mass is 79.9. The minimum atomic E-state index is 0.118. The Labute approximate surface area is 102 Å². The molecule has 0 radical (unpaired) electrons. The monoisotopic (exact) mass is 294 g/mol. The lowest BCUT2D eigenvalue weighted by molar-refractivity contribution is 0.185. The van der Waals surface area contributed by atoms with Gasteiger partial charge >= 0.3 is 0 Å². The molecule has 0 N–H and O–H groups in total. The number of halogens is 2. The van der Waals surface area contributed by atoms with E-state index in [0.29, 0.717) is 5.92 Å². The summed E-state index contributed by atoms with van der Waals surface area (Å²) in [7, 11) is 0. The Morgan fingerprint density at radius 2 is 2.50 bits per heavy atom. The van der Waals surface area contributed by atoms with Gasteiger partial charge < -0.3 is 4.74 Å². The Morgan fingerprint density at radius 3 is 3.00 bits per heavy atom. The van der Waals surface area contributed by atoms with Gasteiger partial charge in [0.1, 0.15) is 0 Å². The zero-order valence-corrected chi connectivity index (χ0v) is 11.1. The fraction of sp³-hybridized carbons (Fsp3) is 0.600. The molecular weight excluding hydrogens is 284 g/mol. The van der Waals surface area contributed by atoms with Crippen LogP contribution in [-0.4, -0.2) is 13.2 Å². The average Bonchev–Trinajstić information content (AvgIpc) is 2.76. The summed E-state index contributed by atoms with van der Waals surface area (Å²) in [6.07, 6.45) is 1.09. The van der Waals surface area contributed by atoms with E-state index in [-0.39, 0.29) is 5.38 Å². The Morgan fingerprint density at radius 1 is 1.71 bits per heavy atom. The number of thiophene rings is 1. The quantitative estimate of drug-likeness (QED) is 0.745. The maximum atomic E-state index is 6.41. The number of alkyl halides is 1. The summed E-state index contributed by atoms with van der Waals surface area (Å²) in [4.78, 5) is 2.55. The molecule has 1 aliphatic rings. The van der Waals surface area contributed by atoms with Crippen LogP contribution in [0.25, 0.3) is 0 Å². The number of rotatable bonds is 2. The number of hydrogen-bond acceptors (Lipinski definition) is 2. The van der Waals surface area contributed by atoms with Gasteiger partial charge in [0.25, 0.3) is 0 Å². The van der Waals surface area contributed by atoms with Crippen molar-refractivity contribution in [3.05, 3.63) is 20.3 Å². The second kappa shape index (κ2) is 4.52. The molecule has 2 unspecified atom stereocenters. The summed E-state index contributed by atoms with van der Waals surface area (Å²) in [5.41, 5.74) is 0. The largest absolute Gasteiger partial charge is 0.381 e. The van der Waals surface area contributed by atoms with Crippen LogP contribution in [0.2, 0.25) is 0 Å². The highest BCUT2D eigenvalue weighted by molar-refractivity contribution is 9.10. The van der Waals surface area contributed by atoms with Crippen LogP contribution >= 0.6 is 38.9 Å². The van der Waals surface area contributed by atoms with Gasteiger partial charge in [-0.15, -0.1) is 22.9 Å². The van der Waals surface area contributed by atoms with Crippen LogP contribution in [0, 0.1) is 12.8 Å². The molecule has 1 fully saturated rings. The normalized spacial score (nSPS) is 24.1. The minimum Gasteiger partial charge on any atom is -0.381 e. The van der Waals surface area contributed by atoms with Crippen molar-refractivity contribution < 1.29 is 4.74 Å². The zero-order valence-electron chi connectivity index (χ0n) is 7.93. The van der Waals surface area contributed by atoms with E-state index < -0.39 is 0 Å². The molecule has 0 aliphatic carbocycles. The average molecular weight is 296 g/mol. The molecular formula is C10H12BrClOS. The van der Waals surface area contributed by atoms with Crippen LogP contribution in [0.5, 0.6) is 0 Å². The summed E-state index contributed by atoms with van der Waals surface area (Å²) in [6, 6.07) is 2.13. The van der Waals surface area contributed by atoms with Gasteiger partial charge in [-0.25, -0.2) is 0 Å². The number of aryl methyl sites for hydroxylation is 1. The van der Waals surface area contributed by atoms with Crippen molar-refractivity contribution in [3.63, 3.8) is 0 Å². The molecule has 1 saturated heterocycles. The number of hydrogen-bond donors (Lipinski definition) is 0. The molecule has 0 spiro atoms. The van der Waals surface area contributed by atoms with Crippen LogP contribution in [0.15, 0.2) is 10.5 Å². The van der Waals surface area contributed by atoms with Gasteiger partial charge in [-0.1, -0.05) is 0 Å². The van der Waals surface area contributed by atoms with E-state index in [4.69, 9.17) is 16.3 Å². The molecule has 14 heavy (non-hydrogen) atoms. The maximum Gasteiger partial charge on any atom is 0.0729 e. The van der Waals surface area contributed by atoms with Gasteiger partial charge in [-0.2, -0.15) is 0 Å². The van der Waals surface area contributed by atoms with Gasteiger partial charge in [-0.3, -0.25) is 0 Å². The van der Waals surface area contributed by atoms with Crippen LogP contribution in [0.1, 0.15) is 21.6 Å². The van der Waals surface area contributed by atoms with E-state index in [1.165, 1.54) is 14.2 Å². The van der Waals surface area contributed by atoms with E-state index in [0.717, 1.165) is 19.6 Å². The Hall–Kier alpha value is 0.430. The Kier molecular flexibility index (Phi) is 3.53. The Balaban J connectivity index is 2.13. The highest BCUT2D eigenvalue weighted by Gasteiger charge is 2.26. The van der Waals surface area contributed by atoms with Crippen molar-refractivity contribution in [2.45, 2.75) is 18.7 Å². The molecule has 2 rings (SSSR count). The van der Waals surface area contributed by atoms with Crippen LogP contribution in [-0.2, 0) is 4.74 Å². The van der Waals surface area contributed by atoms with E-state index in [9.17, 15) is 0 Å². The molecule has 2 atom stereocenters. The molecule has 2 heterocycles. The van der Waals surface area contributed by atoms with E-state index in [1.54, 1.807) is 11.3 Å². The standard InChI is InChI=1S/C10H12BrClOS/c1-6-8(11)4-9(14-6)10(12)7-2-3-13-5-7/h4,7,10H,2-3,5H2,1H3. The SMILES string of the molecule is Cc1sc(C(Cl)C2CCOC2)cc1Br. The first kappa shape index (κ1) is 10.9. The summed E-state index contributed by atoms with van der Waals surface area (Å²) in [5.74, 6) is 0.488. The number of ether oxygens (including phenoxy) is 1. The Bertz CT molecular complexity index is 300. The molecule has 0 bridgehead atoms. The van der Waals surface area contributed by atoms with Gasteiger partial charge in [0.15, 0.2) is 0 Å². The lowest BCUT2D eigenvalue weighted by Gasteiger charge is -2.12. The van der Waals surface area contributed by atoms with Gasteiger partial charge in [0.2, 0.25) is 0 Å². The second-order valence-electron chi connectivity index (χ2n) is 3.58. The van der Waals surface area contributed by atoms with Crippen molar-refractivity contribution in [1.82, 2.24) is 0 Å². The van der Waals surface area contributed by atoms with Crippen LogP contribution < -0.4 is 0 Å². The molecule has 4 heteroatoms. The molecule has 0 saturated carbocycles. The molecule has 1 aromatic heterocycles. The predicted molar refractivity (Wildman–Crippen MR) is 64.3 cm³/mol. The van der Waals surface area contributed by atoms with E-state index in [1.807, 2.05) is 0 Å². The van der Waals surface area contributed by atoms with Gasteiger partial charge in [0, 0.05) is 26.8 Å². The predicted octanol–water partition coefficient (Wildman–Crippen LogP) is 4.14. The van der Waals surface area contributed by atoms with E-state index >= 15 is 0 Å². The first-order chi connectivity index (χ1) is 6.68. The molecule has 1 aromatic rings. The van der Waals surface area contributed by atoms with Crippen molar-refractivity contribution in [3.8, 4) is 0 Å². The second-order valence-corrected chi connectivity index (χ2v) is 6.19. The topological polar surface area (TPSA) is 9.23 Å². The van der Waals surface area contributed by atoms with Crippen molar-refractivity contribution in [1.29, 1.82) is 0 Å². The maximum absolute atomic E-state index is 6.41. The van der Waals surface area contributed by atoms with Crippen LogP contribution in [0.4, 0.5) is 0 Å². The van der Waals surface area contributed by atoms with E-state index in [2.05, 4.69) is 28.9 Å². The summed E-state index contributed by atoms with van der Waals surface area (Å²) in [5, 5.41) is 0.118. The van der Waals surface area contributed by atoms with Crippen molar-refractivity contribution in [2.75, 3.05) is 13.2 Å². The first-order valence-electron chi connectivity index (χ1n) is 4.66. The van der Waals surface area contributed by atoms with Crippen molar-refractivity contribution in [2.24, 2.45) is 5.92 Å². The molecule has 78 valence electrons. The third-order valence-electron chi connectivity index (χ3n) is 2.53. The summed E-state index contributed by atoms with van der Waals surface area (Å²) >= 11 is 11.7. The smallest absolute Gasteiger partial charge is 0.0729 e. The minimum absolute atomic E-state index is 0.118. The third kappa shape index (κ3) is 2.16.